The van der Waals surface area contributed by atoms with Gasteiger partial charge in [0.25, 0.3) is 0 Å². The van der Waals surface area contributed by atoms with Gasteiger partial charge < -0.3 is 9.84 Å². The summed E-state index contributed by atoms with van der Waals surface area (Å²) < 4.78 is 5.98. The van der Waals surface area contributed by atoms with Gasteiger partial charge in [0.15, 0.2) is 0 Å². The summed E-state index contributed by atoms with van der Waals surface area (Å²) >= 11 is 0. The molecule has 4 heteroatoms. The average Bonchev–Trinajstić information content (AvgIpc) is 2.33. The molecule has 4 nitrogen and oxygen atoms in total. The van der Waals surface area contributed by atoms with Crippen molar-refractivity contribution in [3.8, 4) is 5.75 Å². The van der Waals surface area contributed by atoms with E-state index in [0.29, 0.717) is 6.54 Å². The van der Waals surface area contributed by atoms with Crippen molar-refractivity contribution >= 4 is 5.97 Å². The molecule has 0 aromatic heterocycles. The summed E-state index contributed by atoms with van der Waals surface area (Å²) in [6.45, 7) is 4.69. The summed E-state index contributed by atoms with van der Waals surface area (Å²) in [5, 5.41) is 8.81. The summed E-state index contributed by atoms with van der Waals surface area (Å²) in [7, 11) is 1.98. The van der Waals surface area contributed by atoms with Gasteiger partial charge in [0.05, 0.1) is 6.42 Å². The van der Waals surface area contributed by atoms with E-state index in [1.807, 2.05) is 25.2 Å². The van der Waals surface area contributed by atoms with Crippen molar-refractivity contribution in [2.24, 2.45) is 0 Å². The van der Waals surface area contributed by atoms with Gasteiger partial charge in [-0.2, -0.15) is 0 Å². The number of carboxylic acids is 1. The predicted octanol–water partition coefficient (Wildman–Crippen LogP) is 2.70. The fraction of sp³-hybridized carbons (Fsp3) is 0.533. The van der Waals surface area contributed by atoms with Gasteiger partial charge in [-0.05, 0) is 27.0 Å². The number of aliphatic carboxylic acids is 1. The Morgan fingerprint density at radius 2 is 2.16 bits per heavy atom. The normalized spacial score (nSPS) is 20.7. The van der Waals surface area contributed by atoms with Crippen molar-refractivity contribution in [3.63, 3.8) is 0 Å². The van der Waals surface area contributed by atoms with Crippen LogP contribution < -0.4 is 4.74 Å². The van der Waals surface area contributed by atoms with E-state index < -0.39 is 5.97 Å². The van der Waals surface area contributed by atoms with Gasteiger partial charge in [-0.15, -0.1) is 0 Å². The van der Waals surface area contributed by atoms with Gasteiger partial charge >= 0.3 is 5.97 Å². The second-order valence-electron chi connectivity index (χ2n) is 5.74. The monoisotopic (exact) mass is 263 g/mol. The molecule has 0 spiro atoms. The molecule has 0 aliphatic carbocycles. The zero-order chi connectivity index (χ0) is 14.0. The van der Waals surface area contributed by atoms with Crippen LogP contribution in [-0.4, -0.2) is 35.2 Å². The first-order chi connectivity index (χ1) is 8.89. The summed E-state index contributed by atoms with van der Waals surface area (Å²) in [4.78, 5) is 12.8. The van der Waals surface area contributed by atoms with E-state index in [1.54, 1.807) is 0 Å². The smallest absolute Gasteiger partial charge is 0.304 e. The van der Waals surface area contributed by atoms with Crippen LogP contribution in [0.25, 0.3) is 0 Å². The number of carboxylic acid groups (broad SMARTS) is 1. The Hall–Kier alpha value is -1.55. The lowest BCUT2D eigenvalue weighted by Gasteiger charge is -2.41. The van der Waals surface area contributed by atoms with E-state index in [9.17, 15) is 4.79 Å². The van der Waals surface area contributed by atoms with Crippen LogP contribution in [0.15, 0.2) is 24.3 Å². The highest BCUT2D eigenvalue weighted by Crippen LogP contribution is 2.41. The van der Waals surface area contributed by atoms with Crippen molar-refractivity contribution in [3.05, 3.63) is 29.8 Å². The number of para-hydroxylation sites is 1. The van der Waals surface area contributed by atoms with E-state index >= 15 is 0 Å². The predicted molar refractivity (Wildman–Crippen MR) is 73.4 cm³/mol. The Kier molecular flexibility index (Phi) is 3.80. The van der Waals surface area contributed by atoms with E-state index in [1.165, 1.54) is 0 Å². The Morgan fingerprint density at radius 1 is 1.47 bits per heavy atom. The molecule has 0 fully saturated rings. The molecule has 0 saturated heterocycles. The maximum absolute atomic E-state index is 10.7. The van der Waals surface area contributed by atoms with Crippen molar-refractivity contribution in [2.75, 3.05) is 13.6 Å². The molecular formula is C15H21NO3. The number of carbonyl (C=O) groups is 1. The highest BCUT2D eigenvalue weighted by molar-refractivity contribution is 5.66. The quantitative estimate of drug-likeness (QED) is 0.907. The standard InChI is InChI=1S/C15H21NO3/c1-15(2)10-12(16(3)9-8-14(17)18)11-6-4-5-7-13(11)19-15/h4-7,12H,8-10H2,1-3H3,(H,17,18). The zero-order valence-corrected chi connectivity index (χ0v) is 11.7. The van der Waals surface area contributed by atoms with Gasteiger partial charge in [-0.25, -0.2) is 0 Å². The molecule has 1 unspecified atom stereocenters. The van der Waals surface area contributed by atoms with Crippen molar-refractivity contribution < 1.29 is 14.6 Å². The number of nitrogens with zero attached hydrogens (tertiary/aromatic N) is 1. The summed E-state index contributed by atoms with van der Waals surface area (Å²) in [6, 6.07) is 8.22. The Bertz CT molecular complexity index is 470. The Balaban J connectivity index is 2.22. The third-order valence-electron chi connectivity index (χ3n) is 3.56. The molecule has 1 aliphatic rings. The zero-order valence-electron chi connectivity index (χ0n) is 11.7. The molecule has 2 rings (SSSR count). The third-order valence-corrected chi connectivity index (χ3v) is 3.56. The Labute approximate surface area is 114 Å². The first-order valence-corrected chi connectivity index (χ1v) is 6.59. The maximum Gasteiger partial charge on any atom is 0.304 e. The summed E-state index contributed by atoms with van der Waals surface area (Å²) in [5.41, 5.74) is 0.922. The molecule has 1 aromatic rings. The van der Waals surface area contributed by atoms with E-state index in [2.05, 4.69) is 24.8 Å². The topological polar surface area (TPSA) is 49.8 Å². The number of fused-ring (bicyclic) bond motifs is 1. The van der Waals surface area contributed by atoms with Crippen LogP contribution in [0.4, 0.5) is 0 Å². The van der Waals surface area contributed by atoms with E-state index in [4.69, 9.17) is 9.84 Å². The first kappa shape index (κ1) is 13.9. The minimum absolute atomic E-state index is 0.163. The molecule has 19 heavy (non-hydrogen) atoms. The van der Waals surface area contributed by atoms with Crippen LogP contribution in [-0.2, 0) is 4.79 Å². The number of hydrogen-bond donors (Lipinski definition) is 1. The highest BCUT2D eigenvalue weighted by atomic mass is 16.5. The van der Waals surface area contributed by atoms with Gasteiger partial charge in [0, 0.05) is 24.6 Å². The summed E-state index contributed by atoms with van der Waals surface area (Å²) in [6.07, 6.45) is 1.02. The van der Waals surface area contributed by atoms with Crippen molar-refractivity contribution in [2.45, 2.75) is 38.3 Å². The lowest BCUT2D eigenvalue weighted by Crippen LogP contribution is -2.40. The molecule has 0 bridgehead atoms. The average molecular weight is 263 g/mol. The minimum Gasteiger partial charge on any atom is -0.487 e. The lowest BCUT2D eigenvalue weighted by atomic mass is 9.89. The molecule has 0 amide bonds. The molecule has 104 valence electrons. The third kappa shape index (κ3) is 3.26. The van der Waals surface area contributed by atoms with Gasteiger partial charge in [-0.3, -0.25) is 9.69 Å². The van der Waals surface area contributed by atoms with E-state index in [-0.39, 0.29) is 18.1 Å². The van der Waals surface area contributed by atoms with E-state index in [0.717, 1.165) is 17.7 Å². The number of rotatable bonds is 4. The molecule has 0 saturated carbocycles. The number of benzene rings is 1. The molecule has 1 heterocycles. The van der Waals surface area contributed by atoms with Gasteiger partial charge in [0.1, 0.15) is 11.4 Å². The fourth-order valence-corrected chi connectivity index (χ4v) is 2.58. The van der Waals surface area contributed by atoms with Gasteiger partial charge in [0.2, 0.25) is 0 Å². The van der Waals surface area contributed by atoms with Crippen LogP contribution in [0.3, 0.4) is 0 Å². The largest absolute Gasteiger partial charge is 0.487 e. The Morgan fingerprint density at radius 3 is 2.84 bits per heavy atom. The summed E-state index contributed by atoms with van der Waals surface area (Å²) in [5.74, 6) is 0.150. The SMILES string of the molecule is CN(CCC(=O)O)C1CC(C)(C)Oc2ccccc21. The fourth-order valence-electron chi connectivity index (χ4n) is 2.58. The van der Waals surface area contributed by atoms with Crippen LogP contribution in [0.2, 0.25) is 0 Å². The molecule has 1 aliphatic heterocycles. The molecule has 1 atom stereocenters. The second kappa shape index (κ2) is 5.21. The first-order valence-electron chi connectivity index (χ1n) is 6.59. The molecule has 1 aromatic carbocycles. The van der Waals surface area contributed by atoms with Crippen molar-refractivity contribution in [1.29, 1.82) is 0 Å². The van der Waals surface area contributed by atoms with Gasteiger partial charge in [-0.1, -0.05) is 18.2 Å². The second-order valence-corrected chi connectivity index (χ2v) is 5.74. The molecular weight excluding hydrogens is 242 g/mol. The molecule has 1 N–H and O–H groups in total. The maximum atomic E-state index is 10.7. The van der Waals surface area contributed by atoms with Crippen LogP contribution in [0.5, 0.6) is 5.75 Å². The van der Waals surface area contributed by atoms with Crippen LogP contribution in [0.1, 0.15) is 38.3 Å². The van der Waals surface area contributed by atoms with Crippen molar-refractivity contribution in [1.82, 2.24) is 4.90 Å². The lowest BCUT2D eigenvalue weighted by molar-refractivity contribution is -0.137. The minimum atomic E-state index is -0.758. The number of ether oxygens (including phenoxy) is 1. The molecule has 0 radical (unpaired) electrons. The number of hydrogen-bond acceptors (Lipinski definition) is 3. The highest BCUT2D eigenvalue weighted by Gasteiger charge is 2.35. The van der Waals surface area contributed by atoms with Crippen LogP contribution in [0, 0.1) is 0 Å². The van der Waals surface area contributed by atoms with Crippen LogP contribution >= 0.6 is 0 Å².